The van der Waals surface area contributed by atoms with Crippen LogP contribution in [-0.2, 0) is 14.4 Å². The molecule has 0 aromatic heterocycles. The molecule has 0 saturated carbocycles. The van der Waals surface area contributed by atoms with E-state index in [1.165, 1.54) is 18.2 Å². The van der Waals surface area contributed by atoms with E-state index in [0.717, 1.165) is 16.0 Å². The molecule has 1 saturated heterocycles. The molecule has 2 N–H and O–H groups in total. The number of amides is 4. The number of nitrogens with zero attached hydrogens (tertiary/aromatic N) is 1. The molecule has 9 heteroatoms. The Bertz CT molecular complexity index is 1120. The third-order valence-corrected chi connectivity index (χ3v) is 4.50. The largest absolute Gasteiger partial charge is 0.490 e. The lowest BCUT2D eigenvalue weighted by atomic mass is 10.0. The van der Waals surface area contributed by atoms with Gasteiger partial charge in [0.05, 0.1) is 12.3 Å². The van der Waals surface area contributed by atoms with Crippen LogP contribution in [0.1, 0.15) is 23.6 Å². The summed E-state index contributed by atoms with van der Waals surface area (Å²) >= 11 is 0. The Morgan fingerprint density at radius 3 is 2.34 bits per heavy atom. The van der Waals surface area contributed by atoms with Crippen LogP contribution in [0.25, 0.3) is 6.08 Å². The lowest BCUT2D eigenvalue weighted by Crippen LogP contribution is -2.54. The summed E-state index contributed by atoms with van der Waals surface area (Å²) in [7, 11) is 0. The molecule has 1 aliphatic heterocycles. The van der Waals surface area contributed by atoms with Crippen molar-refractivity contribution in [3.8, 4) is 11.5 Å². The number of carboxylic acid groups (broad SMARTS) is 1. The second kappa shape index (κ2) is 9.34. The summed E-state index contributed by atoms with van der Waals surface area (Å²) < 4.78 is 10.7. The van der Waals surface area contributed by atoms with E-state index in [2.05, 4.69) is 5.32 Å². The predicted octanol–water partition coefficient (Wildman–Crippen LogP) is 2.83. The van der Waals surface area contributed by atoms with E-state index >= 15 is 0 Å². The zero-order valence-electron chi connectivity index (χ0n) is 17.8. The Labute approximate surface area is 184 Å². The Morgan fingerprint density at radius 2 is 1.72 bits per heavy atom. The standard InChI is InChI=1S/C23H22N2O7/c1-4-31-19-11-15(5-6-18(19)32-12-20(26)27)10-17-21(28)24-23(30)25(22(17)29)16-8-13(2)7-14(3)9-16/h5-11H,4,12H2,1-3H3,(H,26,27)(H,24,28,30)/b17-10-. The van der Waals surface area contributed by atoms with Gasteiger partial charge >= 0.3 is 12.0 Å². The van der Waals surface area contributed by atoms with Crippen LogP contribution in [-0.4, -0.2) is 42.1 Å². The van der Waals surface area contributed by atoms with Crippen molar-refractivity contribution in [2.45, 2.75) is 20.8 Å². The topological polar surface area (TPSA) is 122 Å². The van der Waals surface area contributed by atoms with Gasteiger partial charge in [-0.3, -0.25) is 14.9 Å². The number of carboxylic acids is 1. The first kappa shape index (κ1) is 22.5. The number of aliphatic carboxylic acids is 1. The molecule has 0 aliphatic carbocycles. The number of aryl methyl sites for hydroxylation is 2. The number of benzene rings is 2. The normalized spacial score (nSPS) is 15.0. The number of ether oxygens (including phenoxy) is 2. The third kappa shape index (κ3) is 4.94. The lowest BCUT2D eigenvalue weighted by molar-refractivity contribution is -0.139. The molecule has 0 spiro atoms. The second-order valence-electron chi connectivity index (χ2n) is 7.13. The first-order valence-corrected chi connectivity index (χ1v) is 9.80. The SMILES string of the molecule is CCOc1cc(/C=C2/C(=O)NC(=O)N(c3cc(C)cc(C)c3)C2=O)ccc1OCC(=O)O. The van der Waals surface area contributed by atoms with Crippen LogP contribution in [0.4, 0.5) is 10.5 Å². The first-order valence-electron chi connectivity index (χ1n) is 9.80. The second-order valence-corrected chi connectivity index (χ2v) is 7.13. The summed E-state index contributed by atoms with van der Waals surface area (Å²) in [5.74, 6) is -2.24. The lowest BCUT2D eigenvalue weighted by Gasteiger charge is -2.27. The summed E-state index contributed by atoms with van der Waals surface area (Å²) in [6.45, 7) is 5.17. The number of rotatable bonds is 7. The highest BCUT2D eigenvalue weighted by Crippen LogP contribution is 2.30. The molecule has 1 fully saturated rings. The van der Waals surface area contributed by atoms with Crippen molar-refractivity contribution in [3.63, 3.8) is 0 Å². The number of carbonyl (C=O) groups is 4. The van der Waals surface area contributed by atoms with Gasteiger partial charge in [-0.2, -0.15) is 0 Å². The fourth-order valence-corrected chi connectivity index (χ4v) is 3.28. The molecule has 2 aromatic carbocycles. The molecule has 166 valence electrons. The Kier molecular flexibility index (Phi) is 6.58. The van der Waals surface area contributed by atoms with Crippen LogP contribution in [0.3, 0.4) is 0 Å². The monoisotopic (exact) mass is 438 g/mol. The van der Waals surface area contributed by atoms with Crippen molar-refractivity contribution in [1.29, 1.82) is 0 Å². The van der Waals surface area contributed by atoms with Crippen LogP contribution in [0.15, 0.2) is 42.0 Å². The van der Waals surface area contributed by atoms with E-state index < -0.39 is 30.4 Å². The number of hydrogen-bond acceptors (Lipinski definition) is 6. The predicted molar refractivity (Wildman–Crippen MR) is 116 cm³/mol. The number of imide groups is 2. The Balaban J connectivity index is 1.98. The molecule has 0 unspecified atom stereocenters. The Morgan fingerprint density at radius 1 is 1.03 bits per heavy atom. The molecular weight excluding hydrogens is 416 g/mol. The maximum absolute atomic E-state index is 13.1. The van der Waals surface area contributed by atoms with Gasteiger partial charge in [0.25, 0.3) is 11.8 Å². The van der Waals surface area contributed by atoms with Gasteiger partial charge in [-0.15, -0.1) is 0 Å². The zero-order valence-corrected chi connectivity index (χ0v) is 17.8. The summed E-state index contributed by atoms with van der Waals surface area (Å²) in [6, 6.07) is 8.99. The van der Waals surface area contributed by atoms with Crippen molar-refractivity contribution in [2.75, 3.05) is 18.1 Å². The number of hydrogen-bond donors (Lipinski definition) is 2. The van der Waals surface area contributed by atoms with E-state index in [1.807, 2.05) is 19.9 Å². The number of nitrogens with one attached hydrogen (secondary N) is 1. The van der Waals surface area contributed by atoms with E-state index in [-0.39, 0.29) is 23.7 Å². The summed E-state index contributed by atoms with van der Waals surface area (Å²) in [5.41, 5.74) is 2.29. The van der Waals surface area contributed by atoms with Crippen molar-refractivity contribution < 1.29 is 33.8 Å². The highest BCUT2D eigenvalue weighted by molar-refractivity contribution is 6.39. The first-order chi connectivity index (χ1) is 15.2. The van der Waals surface area contributed by atoms with Crippen molar-refractivity contribution in [1.82, 2.24) is 5.32 Å². The smallest absolute Gasteiger partial charge is 0.341 e. The molecule has 1 heterocycles. The fourth-order valence-electron chi connectivity index (χ4n) is 3.28. The number of urea groups is 1. The van der Waals surface area contributed by atoms with Crippen LogP contribution in [0, 0.1) is 13.8 Å². The molecule has 3 rings (SSSR count). The Hall–Kier alpha value is -4.14. The molecule has 0 radical (unpaired) electrons. The van der Waals surface area contributed by atoms with Gasteiger partial charge in [0.2, 0.25) is 0 Å². The van der Waals surface area contributed by atoms with E-state index in [0.29, 0.717) is 11.3 Å². The fraction of sp³-hybridized carbons (Fsp3) is 0.217. The van der Waals surface area contributed by atoms with Gasteiger partial charge in [-0.25, -0.2) is 14.5 Å². The van der Waals surface area contributed by atoms with Gasteiger partial charge in [-0.05, 0) is 67.8 Å². The molecule has 1 aliphatic rings. The number of carbonyl (C=O) groups excluding carboxylic acids is 3. The maximum atomic E-state index is 13.1. The third-order valence-electron chi connectivity index (χ3n) is 4.50. The highest BCUT2D eigenvalue weighted by Gasteiger charge is 2.37. The van der Waals surface area contributed by atoms with Crippen molar-refractivity contribution in [2.24, 2.45) is 0 Å². The van der Waals surface area contributed by atoms with Crippen LogP contribution in [0.5, 0.6) is 11.5 Å². The minimum absolute atomic E-state index is 0.211. The molecule has 4 amide bonds. The van der Waals surface area contributed by atoms with Crippen LogP contribution >= 0.6 is 0 Å². The summed E-state index contributed by atoms with van der Waals surface area (Å²) in [6.07, 6.45) is 1.34. The van der Waals surface area contributed by atoms with Crippen molar-refractivity contribution in [3.05, 3.63) is 58.7 Å². The average Bonchev–Trinajstić information content (AvgIpc) is 2.69. The van der Waals surface area contributed by atoms with Gasteiger partial charge in [0.1, 0.15) is 5.57 Å². The minimum Gasteiger partial charge on any atom is -0.490 e. The number of anilines is 1. The maximum Gasteiger partial charge on any atom is 0.341 e. The van der Waals surface area contributed by atoms with Gasteiger partial charge in [-0.1, -0.05) is 12.1 Å². The van der Waals surface area contributed by atoms with E-state index in [4.69, 9.17) is 14.6 Å². The van der Waals surface area contributed by atoms with Crippen LogP contribution in [0.2, 0.25) is 0 Å². The van der Waals surface area contributed by atoms with Gasteiger partial charge < -0.3 is 14.6 Å². The quantitative estimate of drug-likeness (QED) is 0.503. The van der Waals surface area contributed by atoms with Crippen LogP contribution < -0.4 is 19.7 Å². The summed E-state index contributed by atoms with van der Waals surface area (Å²) in [5, 5.41) is 11.0. The molecule has 2 aromatic rings. The highest BCUT2D eigenvalue weighted by atomic mass is 16.5. The minimum atomic E-state index is -1.14. The summed E-state index contributed by atoms with van der Waals surface area (Å²) in [4.78, 5) is 49.6. The zero-order chi connectivity index (χ0) is 23.4. The van der Waals surface area contributed by atoms with Crippen molar-refractivity contribution >= 4 is 35.6 Å². The average molecular weight is 438 g/mol. The van der Waals surface area contributed by atoms with E-state index in [9.17, 15) is 19.2 Å². The molecule has 0 bridgehead atoms. The van der Waals surface area contributed by atoms with Gasteiger partial charge in [0.15, 0.2) is 18.1 Å². The van der Waals surface area contributed by atoms with Gasteiger partial charge in [0, 0.05) is 0 Å². The molecule has 0 atom stereocenters. The molecule has 32 heavy (non-hydrogen) atoms. The molecular formula is C23H22N2O7. The van der Waals surface area contributed by atoms with E-state index in [1.54, 1.807) is 25.1 Å². The molecule has 9 nitrogen and oxygen atoms in total. The number of barbiturate groups is 1.